The summed E-state index contributed by atoms with van der Waals surface area (Å²) in [6, 6.07) is 5.12. The molecular formula is C19H18FN5O4S2. The Kier molecular flexibility index (Phi) is 6.05. The number of sulfonamides is 1. The zero-order valence-corrected chi connectivity index (χ0v) is 18.0. The highest BCUT2D eigenvalue weighted by Gasteiger charge is 2.29. The van der Waals surface area contributed by atoms with E-state index >= 15 is 0 Å². The topological polar surface area (TPSA) is 114 Å². The normalized spacial score (nSPS) is 15.0. The summed E-state index contributed by atoms with van der Waals surface area (Å²) in [7, 11) is -4.05. The summed E-state index contributed by atoms with van der Waals surface area (Å²) in [4.78, 5) is 25.2. The van der Waals surface area contributed by atoms with E-state index in [1.165, 1.54) is 10.4 Å². The van der Waals surface area contributed by atoms with Crippen molar-refractivity contribution >= 4 is 33.0 Å². The number of morpholine rings is 1. The predicted octanol–water partition coefficient (Wildman–Crippen LogP) is 2.32. The van der Waals surface area contributed by atoms with Crippen LogP contribution < -0.4 is 5.32 Å². The number of aromatic nitrogens is 3. The summed E-state index contributed by atoms with van der Waals surface area (Å²) in [5.41, 5.74) is 0.636. The van der Waals surface area contributed by atoms with E-state index in [1.54, 1.807) is 25.4 Å². The van der Waals surface area contributed by atoms with Crippen molar-refractivity contribution in [3.63, 3.8) is 0 Å². The molecule has 1 aliphatic rings. The number of benzene rings is 1. The van der Waals surface area contributed by atoms with Crippen molar-refractivity contribution in [3.05, 3.63) is 53.0 Å². The Morgan fingerprint density at radius 2 is 1.94 bits per heavy atom. The fourth-order valence-corrected chi connectivity index (χ4v) is 5.41. The summed E-state index contributed by atoms with van der Waals surface area (Å²) in [5, 5.41) is 3.11. The van der Waals surface area contributed by atoms with Gasteiger partial charge < -0.3 is 10.1 Å². The highest BCUT2D eigenvalue weighted by Crippen LogP contribution is 2.28. The second-order valence-electron chi connectivity index (χ2n) is 6.62. The molecule has 0 radical (unpaired) electrons. The third kappa shape index (κ3) is 4.46. The van der Waals surface area contributed by atoms with Crippen LogP contribution in [0.5, 0.6) is 0 Å². The maximum absolute atomic E-state index is 14.4. The van der Waals surface area contributed by atoms with Crippen LogP contribution in [0.25, 0.3) is 10.8 Å². The van der Waals surface area contributed by atoms with E-state index in [2.05, 4.69) is 20.3 Å². The number of thiazole rings is 1. The highest BCUT2D eigenvalue weighted by atomic mass is 32.2. The summed E-state index contributed by atoms with van der Waals surface area (Å²) in [5.74, 6) is -0.976. The molecule has 0 saturated carbocycles. The maximum Gasteiger partial charge on any atom is 0.267 e. The lowest BCUT2D eigenvalue weighted by molar-refractivity contribution is 0.0729. The van der Waals surface area contributed by atoms with Crippen molar-refractivity contribution in [2.75, 3.05) is 31.6 Å². The van der Waals surface area contributed by atoms with Crippen molar-refractivity contribution in [3.8, 4) is 10.8 Å². The largest absolute Gasteiger partial charge is 0.379 e. The van der Waals surface area contributed by atoms with Gasteiger partial charge in [0.15, 0.2) is 10.8 Å². The fraction of sp³-hybridized carbons (Fsp3) is 0.263. The minimum Gasteiger partial charge on any atom is -0.379 e. The van der Waals surface area contributed by atoms with Gasteiger partial charge in [-0.1, -0.05) is 0 Å². The van der Waals surface area contributed by atoms with Crippen molar-refractivity contribution in [1.82, 2.24) is 19.3 Å². The van der Waals surface area contributed by atoms with Gasteiger partial charge >= 0.3 is 0 Å². The van der Waals surface area contributed by atoms with Gasteiger partial charge in [0.2, 0.25) is 10.0 Å². The first-order valence-corrected chi connectivity index (χ1v) is 11.6. The SMILES string of the molecule is Cc1nc(-c2ncccn2)sc1C(=O)Nc1ccc(F)c(S(=O)(=O)N2CCOCC2)c1. The molecule has 0 spiro atoms. The molecular weight excluding hydrogens is 445 g/mol. The number of anilines is 1. The molecule has 12 heteroatoms. The van der Waals surface area contributed by atoms with Crippen LogP contribution in [-0.4, -0.2) is 59.9 Å². The lowest BCUT2D eigenvalue weighted by Crippen LogP contribution is -2.40. The van der Waals surface area contributed by atoms with E-state index in [-0.39, 0.29) is 32.0 Å². The van der Waals surface area contributed by atoms with E-state index < -0.39 is 26.6 Å². The molecule has 0 unspecified atom stereocenters. The molecule has 1 N–H and O–H groups in total. The summed E-state index contributed by atoms with van der Waals surface area (Å²) in [6.07, 6.45) is 3.15. The first-order chi connectivity index (χ1) is 14.9. The number of nitrogens with zero attached hydrogens (tertiary/aromatic N) is 4. The molecule has 9 nitrogen and oxygen atoms in total. The van der Waals surface area contributed by atoms with Crippen LogP contribution in [0, 0.1) is 12.7 Å². The maximum atomic E-state index is 14.4. The predicted molar refractivity (Wildman–Crippen MR) is 112 cm³/mol. The van der Waals surface area contributed by atoms with E-state index in [0.29, 0.717) is 21.4 Å². The Labute approximate surface area is 182 Å². The number of nitrogens with one attached hydrogen (secondary N) is 1. The number of rotatable bonds is 5. The van der Waals surface area contributed by atoms with E-state index in [4.69, 9.17) is 4.74 Å². The molecule has 31 heavy (non-hydrogen) atoms. The summed E-state index contributed by atoms with van der Waals surface area (Å²) >= 11 is 1.11. The van der Waals surface area contributed by atoms with Gasteiger partial charge in [0.1, 0.15) is 15.6 Å². The van der Waals surface area contributed by atoms with Crippen LogP contribution in [0.1, 0.15) is 15.4 Å². The average Bonchev–Trinajstić information content (AvgIpc) is 3.18. The van der Waals surface area contributed by atoms with Crippen molar-refractivity contribution in [2.45, 2.75) is 11.8 Å². The molecule has 1 saturated heterocycles. The van der Waals surface area contributed by atoms with Crippen molar-refractivity contribution in [2.24, 2.45) is 0 Å². The molecule has 2 aromatic heterocycles. The summed E-state index contributed by atoms with van der Waals surface area (Å²) < 4.78 is 46.3. The van der Waals surface area contributed by atoms with Crippen LogP contribution in [0.4, 0.5) is 10.1 Å². The van der Waals surface area contributed by atoms with Gasteiger partial charge in [0, 0.05) is 31.2 Å². The number of aryl methyl sites for hydroxylation is 1. The molecule has 0 aliphatic carbocycles. The van der Waals surface area contributed by atoms with Crippen molar-refractivity contribution in [1.29, 1.82) is 0 Å². The van der Waals surface area contributed by atoms with E-state index in [1.807, 2.05) is 0 Å². The number of amides is 1. The molecule has 1 fully saturated rings. The smallest absolute Gasteiger partial charge is 0.267 e. The highest BCUT2D eigenvalue weighted by molar-refractivity contribution is 7.89. The Morgan fingerprint density at radius 1 is 1.23 bits per heavy atom. The molecule has 1 amide bonds. The van der Waals surface area contributed by atoms with E-state index in [9.17, 15) is 17.6 Å². The Balaban J connectivity index is 1.58. The third-order valence-electron chi connectivity index (χ3n) is 4.54. The number of halogens is 1. The number of hydrogen-bond donors (Lipinski definition) is 1. The lowest BCUT2D eigenvalue weighted by Gasteiger charge is -2.26. The van der Waals surface area contributed by atoms with Crippen LogP contribution in [0.2, 0.25) is 0 Å². The minimum absolute atomic E-state index is 0.142. The number of carbonyl (C=O) groups excluding carboxylic acids is 1. The standard InChI is InChI=1S/C19H18FN5O4S2/c1-12-16(30-19(23-12)17-21-5-2-6-22-17)18(26)24-13-3-4-14(20)15(11-13)31(27,28)25-7-9-29-10-8-25/h2-6,11H,7-10H2,1H3,(H,24,26). The molecule has 0 bridgehead atoms. The Bertz CT molecular complexity index is 1210. The number of hydrogen-bond acceptors (Lipinski definition) is 8. The van der Waals surface area contributed by atoms with Gasteiger partial charge in [-0.3, -0.25) is 4.79 Å². The minimum atomic E-state index is -4.05. The Hall–Kier alpha value is -2.80. The second kappa shape index (κ2) is 8.75. The first kappa shape index (κ1) is 21.4. The fourth-order valence-electron chi connectivity index (χ4n) is 3.00. The van der Waals surface area contributed by atoms with Gasteiger partial charge in [-0.25, -0.2) is 27.8 Å². The van der Waals surface area contributed by atoms with Gasteiger partial charge in [0.05, 0.1) is 18.9 Å². The van der Waals surface area contributed by atoms with Crippen LogP contribution in [0.15, 0.2) is 41.6 Å². The van der Waals surface area contributed by atoms with Gasteiger partial charge in [0.25, 0.3) is 5.91 Å². The number of ether oxygens (including phenoxy) is 1. The second-order valence-corrected chi connectivity index (χ2v) is 9.53. The molecule has 0 atom stereocenters. The molecule has 162 valence electrons. The monoisotopic (exact) mass is 463 g/mol. The quantitative estimate of drug-likeness (QED) is 0.618. The third-order valence-corrected chi connectivity index (χ3v) is 7.60. The van der Waals surface area contributed by atoms with Crippen molar-refractivity contribution < 1.29 is 22.3 Å². The lowest BCUT2D eigenvalue weighted by atomic mass is 10.3. The van der Waals surface area contributed by atoms with Crippen LogP contribution in [-0.2, 0) is 14.8 Å². The molecule has 3 aromatic rings. The van der Waals surface area contributed by atoms with Gasteiger partial charge in [-0.2, -0.15) is 4.31 Å². The first-order valence-electron chi connectivity index (χ1n) is 9.30. The van der Waals surface area contributed by atoms with Crippen LogP contribution in [0.3, 0.4) is 0 Å². The Morgan fingerprint density at radius 3 is 2.65 bits per heavy atom. The molecule has 1 aromatic carbocycles. The molecule has 4 rings (SSSR count). The van der Waals surface area contributed by atoms with Gasteiger partial charge in [-0.15, -0.1) is 11.3 Å². The number of carbonyl (C=O) groups is 1. The average molecular weight is 464 g/mol. The molecule has 1 aliphatic heterocycles. The van der Waals surface area contributed by atoms with E-state index in [0.717, 1.165) is 23.5 Å². The van der Waals surface area contributed by atoms with Gasteiger partial charge in [-0.05, 0) is 31.2 Å². The van der Waals surface area contributed by atoms with Crippen LogP contribution >= 0.6 is 11.3 Å². The summed E-state index contributed by atoms with van der Waals surface area (Å²) in [6.45, 7) is 2.45. The molecule has 3 heterocycles. The zero-order valence-electron chi connectivity index (χ0n) is 16.4. The zero-order chi connectivity index (χ0) is 22.0.